The summed E-state index contributed by atoms with van der Waals surface area (Å²) in [5, 5.41) is 2.49. The van der Waals surface area contributed by atoms with Gasteiger partial charge in [0.1, 0.15) is 0 Å². The second-order valence-corrected chi connectivity index (χ2v) is 6.15. The van der Waals surface area contributed by atoms with Gasteiger partial charge in [-0.2, -0.15) is 12.7 Å². The molecule has 0 atom stereocenters. The molecule has 1 aliphatic rings. The molecular weight excluding hydrogens is 280 g/mol. The van der Waals surface area contributed by atoms with Crippen LogP contribution in [0.15, 0.2) is 30.3 Å². The number of hydrogen-bond donors (Lipinski definition) is 2. The lowest BCUT2D eigenvalue weighted by molar-refractivity contribution is 0.206. The van der Waals surface area contributed by atoms with E-state index in [1.807, 2.05) is 0 Å². The first kappa shape index (κ1) is 14.8. The number of anilines is 1. The standard InChI is InChI=1S/C13H18N2O4S/c16-13(14-11-7-3-1-4-8-11)15(20(17,18)19)12-9-5-2-6-10-12/h1,3-4,7-8,12H,2,5-6,9-10H2,(H,14,16)(H,17,18,19). The van der Waals surface area contributed by atoms with Gasteiger partial charge >= 0.3 is 16.3 Å². The van der Waals surface area contributed by atoms with Crippen LogP contribution in [0.4, 0.5) is 10.5 Å². The highest BCUT2D eigenvalue weighted by Crippen LogP contribution is 2.25. The van der Waals surface area contributed by atoms with Gasteiger partial charge in [-0.25, -0.2) is 4.79 Å². The van der Waals surface area contributed by atoms with E-state index in [1.165, 1.54) is 0 Å². The molecule has 0 heterocycles. The van der Waals surface area contributed by atoms with Crippen molar-refractivity contribution >= 4 is 22.0 Å². The third-order valence-corrected chi connectivity index (χ3v) is 4.34. The average molecular weight is 298 g/mol. The van der Waals surface area contributed by atoms with Crippen LogP contribution in [0.5, 0.6) is 0 Å². The SMILES string of the molecule is O=C(Nc1ccccc1)N(C1CCCCC1)S(=O)(=O)O. The minimum Gasteiger partial charge on any atom is -0.307 e. The summed E-state index contributed by atoms with van der Waals surface area (Å²) >= 11 is 0. The highest BCUT2D eigenvalue weighted by Gasteiger charge is 2.34. The molecule has 1 aliphatic carbocycles. The van der Waals surface area contributed by atoms with Crippen LogP contribution >= 0.6 is 0 Å². The van der Waals surface area contributed by atoms with Crippen molar-refractivity contribution in [2.24, 2.45) is 0 Å². The van der Waals surface area contributed by atoms with Gasteiger partial charge in [0, 0.05) is 5.69 Å². The van der Waals surface area contributed by atoms with E-state index in [-0.39, 0.29) is 0 Å². The van der Waals surface area contributed by atoms with Gasteiger partial charge in [0.15, 0.2) is 0 Å². The smallest absolute Gasteiger partial charge is 0.307 e. The maximum Gasteiger partial charge on any atom is 0.363 e. The van der Waals surface area contributed by atoms with Crippen LogP contribution in [0.2, 0.25) is 0 Å². The van der Waals surface area contributed by atoms with E-state index in [9.17, 15) is 17.8 Å². The number of nitrogens with one attached hydrogen (secondary N) is 1. The largest absolute Gasteiger partial charge is 0.363 e. The van der Waals surface area contributed by atoms with Crippen molar-refractivity contribution in [3.05, 3.63) is 30.3 Å². The molecule has 0 aromatic heterocycles. The molecule has 1 aromatic rings. The molecule has 0 bridgehead atoms. The Hall–Kier alpha value is -1.60. The Bertz CT molecular complexity index is 553. The Morgan fingerprint density at radius 3 is 2.30 bits per heavy atom. The number of carbonyl (C=O) groups excluding carboxylic acids is 1. The minimum atomic E-state index is -4.56. The van der Waals surface area contributed by atoms with E-state index in [2.05, 4.69) is 5.32 Å². The summed E-state index contributed by atoms with van der Waals surface area (Å²) in [6, 6.07) is 7.27. The summed E-state index contributed by atoms with van der Waals surface area (Å²) in [4.78, 5) is 12.1. The van der Waals surface area contributed by atoms with Crippen molar-refractivity contribution in [2.45, 2.75) is 38.1 Å². The zero-order chi connectivity index (χ0) is 14.6. The Morgan fingerprint density at radius 1 is 1.15 bits per heavy atom. The van der Waals surface area contributed by atoms with Gasteiger partial charge in [-0.05, 0) is 25.0 Å². The molecule has 6 nitrogen and oxygen atoms in total. The van der Waals surface area contributed by atoms with Gasteiger partial charge < -0.3 is 5.32 Å². The fraction of sp³-hybridized carbons (Fsp3) is 0.462. The zero-order valence-electron chi connectivity index (χ0n) is 11.0. The molecule has 1 aromatic carbocycles. The van der Waals surface area contributed by atoms with Gasteiger partial charge in [-0.1, -0.05) is 37.5 Å². The van der Waals surface area contributed by atoms with Gasteiger partial charge in [0.25, 0.3) is 0 Å². The third kappa shape index (κ3) is 3.71. The van der Waals surface area contributed by atoms with E-state index >= 15 is 0 Å². The monoisotopic (exact) mass is 298 g/mol. The summed E-state index contributed by atoms with van der Waals surface area (Å²) in [6.45, 7) is 0. The summed E-state index contributed by atoms with van der Waals surface area (Å²) in [6.07, 6.45) is 3.91. The lowest BCUT2D eigenvalue weighted by Gasteiger charge is -2.31. The molecule has 1 fully saturated rings. The fourth-order valence-corrected chi connectivity index (χ4v) is 3.32. The molecule has 2 rings (SSSR count). The van der Waals surface area contributed by atoms with Crippen LogP contribution in [0.3, 0.4) is 0 Å². The van der Waals surface area contributed by atoms with Gasteiger partial charge in [-0.15, -0.1) is 0 Å². The van der Waals surface area contributed by atoms with Crippen molar-refractivity contribution in [3.8, 4) is 0 Å². The van der Waals surface area contributed by atoms with Crippen LogP contribution in [-0.4, -0.2) is 29.3 Å². The normalized spacial score (nSPS) is 16.6. The second-order valence-electron chi connectivity index (χ2n) is 4.86. The van der Waals surface area contributed by atoms with Crippen LogP contribution < -0.4 is 5.32 Å². The van der Waals surface area contributed by atoms with E-state index < -0.39 is 22.4 Å². The maximum atomic E-state index is 12.1. The number of para-hydroxylation sites is 1. The van der Waals surface area contributed by atoms with Gasteiger partial charge in [0.2, 0.25) is 0 Å². The third-order valence-electron chi connectivity index (χ3n) is 3.38. The molecule has 0 aliphatic heterocycles. The molecule has 2 N–H and O–H groups in total. The second kappa shape index (κ2) is 6.23. The molecule has 0 spiro atoms. The maximum absolute atomic E-state index is 12.1. The van der Waals surface area contributed by atoms with Gasteiger partial charge in [0.05, 0.1) is 6.04 Å². The first-order chi connectivity index (χ1) is 9.48. The number of carbonyl (C=O) groups is 1. The highest BCUT2D eigenvalue weighted by atomic mass is 32.2. The Balaban J connectivity index is 2.16. The lowest BCUT2D eigenvalue weighted by atomic mass is 9.96. The van der Waals surface area contributed by atoms with Gasteiger partial charge in [-0.3, -0.25) is 4.55 Å². The number of nitrogens with zero attached hydrogens (tertiary/aromatic N) is 1. The zero-order valence-corrected chi connectivity index (χ0v) is 11.8. The number of rotatable bonds is 3. The fourth-order valence-electron chi connectivity index (χ4n) is 2.47. The summed E-state index contributed by atoms with van der Waals surface area (Å²) in [7, 11) is -4.56. The molecule has 2 amide bonds. The van der Waals surface area contributed by atoms with E-state index in [4.69, 9.17) is 0 Å². The predicted molar refractivity (Wildman–Crippen MR) is 75.7 cm³/mol. The average Bonchev–Trinajstić information content (AvgIpc) is 2.39. The topological polar surface area (TPSA) is 86.7 Å². The van der Waals surface area contributed by atoms with Crippen molar-refractivity contribution < 1.29 is 17.8 Å². The summed E-state index contributed by atoms with van der Waals surface area (Å²) < 4.78 is 32.9. The van der Waals surface area contributed by atoms with Crippen molar-refractivity contribution in [1.82, 2.24) is 4.31 Å². The molecule has 110 valence electrons. The van der Waals surface area contributed by atoms with E-state index in [0.29, 0.717) is 22.8 Å². The predicted octanol–water partition coefficient (Wildman–Crippen LogP) is 2.66. The minimum absolute atomic E-state index is 0.470. The van der Waals surface area contributed by atoms with Crippen LogP contribution in [0.1, 0.15) is 32.1 Å². The molecule has 7 heteroatoms. The Labute approximate surface area is 118 Å². The summed E-state index contributed by atoms with van der Waals surface area (Å²) in [5.74, 6) is 0. The number of urea groups is 1. The van der Waals surface area contributed by atoms with E-state index in [1.54, 1.807) is 30.3 Å². The Morgan fingerprint density at radius 2 is 1.75 bits per heavy atom. The lowest BCUT2D eigenvalue weighted by Crippen LogP contribution is -2.47. The van der Waals surface area contributed by atoms with Crippen LogP contribution in [0.25, 0.3) is 0 Å². The molecule has 0 radical (unpaired) electrons. The molecule has 20 heavy (non-hydrogen) atoms. The van der Waals surface area contributed by atoms with E-state index in [0.717, 1.165) is 19.3 Å². The molecule has 1 saturated carbocycles. The highest BCUT2D eigenvalue weighted by molar-refractivity contribution is 7.84. The first-order valence-electron chi connectivity index (χ1n) is 6.61. The number of amides is 2. The quantitative estimate of drug-likeness (QED) is 0.840. The molecular formula is C13H18N2O4S. The molecule has 0 saturated heterocycles. The van der Waals surface area contributed by atoms with Crippen molar-refractivity contribution in [2.75, 3.05) is 5.32 Å². The number of benzene rings is 1. The first-order valence-corrected chi connectivity index (χ1v) is 8.01. The van der Waals surface area contributed by atoms with Crippen molar-refractivity contribution in [1.29, 1.82) is 0 Å². The van der Waals surface area contributed by atoms with Crippen molar-refractivity contribution in [3.63, 3.8) is 0 Å². The Kier molecular flexibility index (Phi) is 4.61. The van der Waals surface area contributed by atoms with Crippen LogP contribution in [0, 0.1) is 0 Å². The summed E-state index contributed by atoms with van der Waals surface area (Å²) in [5.41, 5.74) is 0.488. The number of hydrogen-bond acceptors (Lipinski definition) is 3. The van der Waals surface area contributed by atoms with Crippen LogP contribution in [-0.2, 0) is 10.3 Å². The molecule has 0 unspecified atom stereocenters.